The lowest BCUT2D eigenvalue weighted by Crippen LogP contribution is -1.94. The molecular weight excluding hydrogens is 202 g/mol. The number of benzene rings is 1. The van der Waals surface area contributed by atoms with Crippen LogP contribution >= 0.6 is 0 Å². The highest BCUT2D eigenvalue weighted by molar-refractivity contribution is 5.93. The highest BCUT2D eigenvalue weighted by Crippen LogP contribution is 2.31. The van der Waals surface area contributed by atoms with Crippen LogP contribution < -0.4 is 0 Å². The van der Waals surface area contributed by atoms with Crippen LogP contribution in [0.3, 0.4) is 0 Å². The molecule has 0 atom stereocenters. The molecule has 84 valence electrons. The number of hydrogen-bond donors (Lipinski definition) is 1. The molecule has 1 N–H and O–H groups in total. The van der Waals surface area contributed by atoms with Gasteiger partial charge in [0, 0.05) is 12.4 Å². The number of fused-ring (bicyclic) bond motifs is 1. The van der Waals surface area contributed by atoms with Crippen molar-refractivity contribution >= 4 is 17.2 Å². The van der Waals surface area contributed by atoms with Crippen molar-refractivity contribution in [1.82, 2.24) is 4.57 Å². The number of aromatic hydroxyl groups is 1. The third-order valence-corrected chi connectivity index (χ3v) is 2.99. The van der Waals surface area contributed by atoms with E-state index < -0.39 is 0 Å². The molecule has 0 aliphatic rings. The first-order valence-electron chi connectivity index (χ1n) is 5.32. The maximum absolute atomic E-state index is 10.8. The lowest BCUT2D eigenvalue weighted by Gasteiger charge is -2.08. The Morgan fingerprint density at radius 1 is 1.31 bits per heavy atom. The molecular formula is C13H15NO2. The van der Waals surface area contributed by atoms with E-state index in [0.717, 1.165) is 22.8 Å². The van der Waals surface area contributed by atoms with Crippen LogP contribution in [0.15, 0.2) is 18.2 Å². The van der Waals surface area contributed by atoms with E-state index in [4.69, 9.17) is 0 Å². The Kier molecular flexibility index (Phi) is 2.46. The summed E-state index contributed by atoms with van der Waals surface area (Å²) in [6.07, 6.45) is 0.800. The first-order valence-corrected chi connectivity index (χ1v) is 5.32. The molecule has 0 aliphatic carbocycles. The molecule has 1 aromatic heterocycles. The van der Waals surface area contributed by atoms with Crippen molar-refractivity contribution in [2.24, 2.45) is 7.05 Å². The van der Waals surface area contributed by atoms with Crippen molar-refractivity contribution in [3.8, 4) is 5.75 Å². The van der Waals surface area contributed by atoms with Gasteiger partial charge in [0.2, 0.25) is 0 Å². The van der Waals surface area contributed by atoms with Crippen LogP contribution in [0.5, 0.6) is 5.75 Å². The van der Waals surface area contributed by atoms with Gasteiger partial charge >= 0.3 is 0 Å². The number of rotatable bonds is 2. The third-order valence-electron chi connectivity index (χ3n) is 2.99. The van der Waals surface area contributed by atoms with Gasteiger partial charge in [-0.15, -0.1) is 0 Å². The summed E-state index contributed by atoms with van der Waals surface area (Å²) >= 11 is 0. The van der Waals surface area contributed by atoms with Crippen molar-refractivity contribution < 1.29 is 9.90 Å². The van der Waals surface area contributed by atoms with Crippen LogP contribution in [-0.2, 0) is 7.05 Å². The average molecular weight is 217 g/mol. The molecule has 0 fully saturated rings. The van der Waals surface area contributed by atoms with Gasteiger partial charge in [0.25, 0.3) is 0 Å². The lowest BCUT2D eigenvalue weighted by atomic mass is 10.0. The maximum Gasteiger partial charge on any atom is 0.166 e. The van der Waals surface area contributed by atoms with Crippen LogP contribution in [0, 0.1) is 0 Å². The predicted molar refractivity (Wildman–Crippen MR) is 64.1 cm³/mol. The SMILES string of the molecule is CC(C)c1cc(O)c2cc(C=O)n(C)c2c1. The summed E-state index contributed by atoms with van der Waals surface area (Å²) in [5, 5.41) is 10.6. The number of phenols is 1. The van der Waals surface area contributed by atoms with Gasteiger partial charge in [-0.3, -0.25) is 4.79 Å². The molecule has 1 heterocycles. The Labute approximate surface area is 94.3 Å². The number of hydrogen-bond acceptors (Lipinski definition) is 2. The second-order valence-electron chi connectivity index (χ2n) is 4.37. The van der Waals surface area contributed by atoms with Gasteiger partial charge in [-0.05, 0) is 29.7 Å². The fourth-order valence-electron chi connectivity index (χ4n) is 1.90. The van der Waals surface area contributed by atoms with Crippen LogP contribution in [0.2, 0.25) is 0 Å². The van der Waals surface area contributed by atoms with Crippen molar-refractivity contribution in [2.75, 3.05) is 0 Å². The zero-order valence-corrected chi connectivity index (χ0v) is 9.69. The van der Waals surface area contributed by atoms with Crippen LogP contribution in [0.4, 0.5) is 0 Å². The summed E-state index contributed by atoms with van der Waals surface area (Å²) in [6.45, 7) is 4.15. The first-order chi connectivity index (χ1) is 7.54. The molecule has 0 radical (unpaired) electrons. The fourth-order valence-corrected chi connectivity index (χ4v) is 1.90. The third kappa shape index (κ3) is 1.48. The standard InChI is InChI=1S/C13H15NO2/c1-8(2)9-4-12-11(13(16)5-9)6-10(7-15)14(12)3/h4-8,16H,1-3H3. The van der Waals surface area contributed by atoms with Gasteiger partial charge in [0.15, 0.2) is 6.29 Å². The topological polar surface area (TPSA) is 42.2 Å². The van der Waals surface area contributed by atoms with Crippen LogP contribution in [0.25, 0.3) is 10.9 Å². The summed E-state index contributed by atoms with van der Waals surface area (Å²) in [4.78, 5) is 10.8. The van der Waals surface area contributed by atoms with Gasteiger partial charge in [0.1, 0.15) is 5.75 Å². The minimum absolute atomic E-state index is 0.241. The van der Waals surface area contributed by atoms with Crippen molar-refractivity contribution in [2.45, 2.75) is 19.8 Å². The predicted octanol–water partition coefficient (Wildman–Crippen LogP) is 2.82. The molecule has 16 heavy (non-hydrogen) atoms. The molecule has 0 unspecified atom stereocenters. The lowest BCUT2D eigenvalue weighted by molar-refractivity contribution is 0.111. The van der Waals surface area contributed by atoms with Crippen LogP contribution in [-0.4, -0.2) is 16.0 Å². The number of aldehydes is 1. The molecule has 0 saturated heterocycles. The summed E-state index contributed by atoms with van der Waals surface area (Å²) in [5.41, 5.74) is 2.54. The quantitative estimate of drug-likeness (QED) is 0.786. The Morgan fingerprint density at radius 3 is 2.56 bits per heavy atom. The average Bonchev–Trinajstić information content (AvgIpc) is 2.56. The molecule has 2 aromatic rings. The summed E-state index contributed by atoms with van der Waals surface area (Å²) in [5.74, 6) is 0.592. The Morgan fingerprint density at radius 2 is 2.00 bits per heavy atom. The number of aryl methyl sites for hydroxylation is 1. The highest BCUT2D eigenvalue weighted by Gasteiger charge is 2.11. The van der Waals surface area contributed by atoms with Crippen molar-refractivity contribution in [3.05, 3.63) is 29.5 Å². The van der Waals surface area contributed by atoms with Gasteiger partial charge in [0.05, 0.1) is 11.2 Å². The molecule has 3 heteroatoms. The number of carbonyl (C=O) groups is 1. The number of carbonyl (C=O) groups excluding carboxylic acids is 1. The van der Waals surface area contributed by atoms with Gasteiger partial charge < -0.3 is 9.67 Å². The van der Waals surface area contributed by atoms with Gasteiger partial charge in [-0.25, -0.2) is 0 Å². The molecule has 1 aromatic carbocycles. The zero-order valence-electron chi connectivity index (χ0n) is 9.69. The molecule has 0 spiro atoms. The Balaban J connectivity index is 2.80. The molecule has 0 amide bonds. The van der Waals surface area contributed by atoms with E-state index in [2.05, 4.69) is 13.8 Å². The number of phenolic OH excluding ortho intramolecular Hbond substituents is 1. The normalized spacial score (nSPS) is 11.2. The summed E-state index contributed by atoms with van der Waals surface area (Å²) in [6, 6.07) is 5.50. The van der Waals surface area contributed by atoms with E-state index in [0.29, 0.717) is 11.6 Å². The minimum atomic E-state index is 0.241. The minimum Gasteiger partial charge on any atom is -0.507 e. The molecule has 2 rings (SSSR count). The second-order valence-corrected chi connectivity index (χ2v) is 4.37. The molecule has 0 bridgehead atoms. The van der Waals surface area contributed by atoms with E-state index >= 15 is 0 Å². The van der Waals surface area contributed by atoms with Gasteiger partial charge in [-0.2, -0.15) is 0 Å². The second kappa shape index (κ2) is 3.67. The van der Waals surface area contributed by atoms with E-state index in [1.807, 2.05) is 13.1 Å². The monoisotopic (exact) mass is 217 g/mol. The largest absolute Gasteiger partial charge is 0.507 e. The van der Waals surface area contributed by atoms with E-state index in [9.17, 15) is 9.90 Å². The maximum atomic E-state index is 10.8. The first kappa shape index (κ1) is 10.7. The van der Waals surface area contributed by atoms with Crippen molar-refractivity contribution in [1.29, 1.82) is 0 Å². The Hall–Kier alpha value is -1.77. The number of nitrogens with zero attached hydrogens (tertiary/aromatic N) is 1. The van der Waals surface area contributed by atoms with Gasteiger partial charge in [-0.1, -0.05) is 13.8 Å². The molecule has 0 aliphatic heterocycles. The highest BCUT2D eigenvalue weighted by atomic mass is 16.3. The Bertz CT molecular complexity index is 553. The van der Waals surface area contributed by atoms with Crippen LogP contribution in [0.1, 0.15) is 35.8 Å². The summed E-state index contributed by atoms with van der Waals surface area (Å²) in [7, 11) is 1.83. The molecule has 0 saturated carbocycles. The van der Waals surface area contributed by atoms with E-state index in [1.54, 1.807) is 16.7 Å². The smallest absolute Gasteiger partial charge is 0.166 e. The number of aromatic nitrogens is 1. The van der Waals surface area contributed by atoms with E-state index in [-0.39, 0.29) is 5.75 Å². The zero-order chi connectivity index (χ0) is 11.9. The van der Waals surface area contributed by atoms with E-state index in [1.165, 1.54) is 0 Å². The summed E-state index contributed by atoms with van der Waals surface area (Å²) < 4.78 is 1.80. The van der Waals surface area contributed by atoms with Crippen molar-refractivity contribution in [3.63, 3.8) is 0 Å². The molecule has 3 nitrogen and oxygen atoms in total. The fraction of sp³-hybridized carbons (Fsp3) is 0.308.